The molecule has 28 heavy (non-hydrogen) atoms. The number of nitrogens with zero attached hydrogens (tertiary/aromatic N) is 4. The molecule has 2 aromatic heterocycles. The summed E-state index contributed by atoms with van der Waals surface area (Å²) in [5, 5.41) is 4.11. The Morgan fingerprint density at radius 3 is 2.50 bits per heavy atom. The van der Waals surface area contributed by atoms with Gasteiger partial charge in [0.2, 0.25) is 11.7 Å². The van der Waals surface area contributed by atoms with E-state index in [1.54, 1.807) is 11.8 Å². The van der Waals surface area contributed by atoms with Crippen LogP contribution in [0.25, 0.3) is 22.4 Å². The maximum atomic E-state index is 5.65. The number of aromatic nitrogens is 4. The molecule has 0 atom stereocenters. The molecule has 7 heteroatoms. The standard InChI is InChI=1S/C21H20N4O2S/c1-3-26-19-11-7-4-8-15(19)21-24-20(27-25-21)13-28-12-18-14(2)22-16-9-5-6-10-17(16)23-18/h4-11H,3,12-13H2,1-2H3. The highest BCUT2D eigenvalue weighted by molar-refractivity contribution is 7.97. The van der Waals surface area contributed by atoms with Crippen LogP contribution in [0.5, 0.6) is 5.75 Å². The van der Waals surface area contributed by atoms with E-state index in [1.807, 2.05) is 62.4 Å². The molecule has 0 aliphatic rings. The molecule has 0 unspecified atom stereocenters. The van der Waals surface area contributed by atoms with Gasteiger partial charge in [-0.15, -0.1) is 11.8 Å². The van der Waals surface area contributed by atoms with Crippen molar-refractivity contribution in [3.05, 3.63) is 65.8 Å². The van der Waals surface area contributed by atoms with E-state index in [-0.39, 0.29) is 0 Å². The Morgan fingerprint density at radius 1 is 0.929 bits per heavy atom. The molecule has 142 valence electrons. The van der Waals surface area contributed by atoms with Crippen LogP contribution in [0.3, 0.4) is 0 Å². The topological polar surface area (TPSA) is 73.9 Å². The summed E-state index contributed by atoms with van der Waals surface area (Å²) in [5.74, 6) is 3.22. The summed E-state index contributed by atoms with van der Waals surface area (Å²) in [5.41, 5.74) is 4.59. The van der Waals surface area contributed by atoms with Crippen molar-refractivity contribution in [2.45, 2.75) is 25.4 Å². The Kier molecular flexibility index (Phi) is 5.53. The lowest BCUT2D eigenvalue weighted by molar-refractivity contribution is 0.341. The van der Waals surface area contributed by atoms with Gasteiger partial charge in [0.25, 0.3) is 0 Å². The highest BCUT2D eigenvalue weighted by Gasteiger charge is 2.13. The molecule has 2 heterocycles. The van der Waals surface area contributed by atoms with Gasteiger partial charge in [0, 0.05) is 5.75 Å². The van der Waals surface area contributed by atoms with Crippen LogP contribution in [0.2, 0.25) is 0 Å². The van der Waals surface area contributed by atoms with Crippen molar-refractivity contribution in [2.75, 3.05) is 6.61 Å². The Hall–Kier alpha value is -2.93. The fourth-order valence-electron chi connectivity index (χ4n) is 2.85. The number of benzene rings is 2. The lowest BCUT2D eigenvalue weighted by Gasteiger charge is -2.06. The molecular weight excluding hydrogens is 372 g/mol. The van der Waals surface area contributed by atoms with Crippen LogP contribution in [-0.2, 0) is 11.5 Å². The van der Waals surface area contributed by atoms with Gasteiger partial charge >= 0.3 is 0 Å². The number of hydrogen-bond acceptors (Lipinski definition) is 7. The first-order valence-electron chi connectivity index (χ1n) is 9.09. The Bertz CT molecular complexity index is 1100. The van der Waals surface area contributed by atoms with Gasteiger partial charge < -0.3 is 9.26 Å². The minimum atomic E-state index is 0.543. The van der Waals surface area contributed by atoms with Crippen LogP contribution < -0.4 is 4.74 Å². The molecule has 2 aromatic carbocycles. The van der Waals surface area contributed by atoms with Crippen molar-refractivity contribution in [3.8, 4) is 17.1 Å². The molecular formula is C21H20N4O2S. The summed E-state index contributed by atoms with van der Waals surface area (Å²) in [6.07, 6.45) is 0. The van der Waals surface area contributed by atoms with Crippen molar-refractivity contribution in [1.82, 2.24) is 20.1 Å². The van der Waals surface area contributed by atoms with E-state index in [0.29, 0.717) is 24.1 Å². The van der Waals surface area contributed by atoms with E-state index in [0.717, 1.165) is 39.5 Å². The third-order valence-electron chi connectivity index (χ3n) is 4.20. The number of hydrogen-bond donors (Lipinski definition) is 0. The fourth-order valence-corrected chi connectivity index (χ4v) is 3.71. The third kappa shape index (κ3) is 3.99. The number of thioether (sulfide) groups is 1. The zero-order valence-corrected chi connectivity index (χ0v) is 16.6. The molecule has 4 aromatic rings. The normalized spacial score (nSPS) is 11.1. The van der Waals surface area contributed by atoms with E-state index in [2.05, 4.69) is 15.1 Å². The Balaban J connectivity index is 1.44. The van der Waals surface area contributed by atoms with E-state index in [4.69, 9.17) is 14.2 Å². The summed E-state index contributed by atoms with van der Waals surface area (Å²) in [7, 11) is 0. The first-order valence-corrected chi connectivity index (χ1v) is 10.2. The van der Waals surface area contributed by atoms with Crippen molar-refractivity contribution in [3.63, 3.8) is 0 Å². The van der Waals surface area contributed by atoms with Gasteiger partial charge in [0.05, 0.1) is 40.3 Å². The molecule has 0 aliphatic carbocycles. The molecule has 0 bridgehead atoms. The lowest BCUT2D eigenvalue weighted by atomic mass is 10.2. The molecule has 0 saturated carbocycles. The van der Waals surface area contributed by atoms with Crippen molar-refractivity contribution < 1.29 is 9.26 Å². The van der Waals surface area contributed by atoms with E-state index < -0.39 is 0 Å². The quantitative estimate of drug-likeness (QED) is 0.446. The smallest absolute Gasteiger partial charge is 0.236 e. The average Bonchev–Trinajstić information content (AvgIpc) is 3.18. The van der Waals surface area contributed by atoms with Crippen LogP contribution in [0, 0.1) is 6.92 Å². The van der Waals surface area contributed by atoms with Crippen LogP contribution in [-0.4, -0.2) is 26.7 Å². The summed E-state index contributed by atoms with van der Waals surface area (Å²) < 4.78 is 11.1. The molecule has 0 spiro atoms. The first-order chi connectivity index (χ1) is 13.7. The van der Waals surface area contributed by atoms with Gasteiger partial charge in [-0.25, -0.2) is 9.97 Å². The van der Waals surface area contributed by atoms with Gasteiger partial charge in [-0.05, 0) is 38.1 Å². The van der Waals surface area contributed by atoms with Crippen LogP contribution in [0.1, 0.15) is 24.2 Å². The average molecular weight is 392 g/mol. The predicted octanol–water partition coefficient (Wildman–Crippen LogP) is 4.82. The highest BCUT2D eigenvalue weighted by Crippen LogP contribution is 2.28. The fraction of sp³-hybridized carbons (Fsp3) is 0.238. The molecule has 0 radical (unpaired) electrons. The van der Waals surface area contributed by atoms with Crippen molar-refractivity contribution >= 4 is 22.8 Å². The molecule has 0 N–H and O–H groups in total. The molecule has 6 nitrogen and oxygen atoms in total. The number of fused-ring (bicyclic) bond motifs is 1. The van der Waals surface area contributed by atoms with Gasteiger partial charge in [0.15, 0.2) is 0 Å². The second-order valence-electron chi connectivity index (χ2n) is 6.18. The predicted molar refractivity (Wildman–Crippen MR) is 110 cm³/mol. The monoisotopic (exact) mass is 392 g/mol. The van der Waals surface area contributed by atoms with E-state index >= 15 is 0 Å². The number of rotatable bonds is 7. The minimum absolute atomic E-state index is 0.543. The van der Waals surface area contributed by atoms with Crippen LogP contribution >= 0.6 is 11.8 Å². The zero-order valence-electron chi connectivity index (χ0n) is 15.8. The number of ether oxygens (including phenoxy) is 1. The molecule has 4 rings (SSSR count). The van der Waals surface area contributed by atoms with Crippen LogP contribution in [0.15, 0.2) is 53.1 Å². The largest absolute Gasteiger partial charge is 0.493 e. The second-order valence-corrected chi connectivity index (χ2v) is 7.16. The summed E-state index contributed by atoms with van der Waals surface area (Å²) in [6, 6.07) is 15.6. The SMILES string of the molecule is CCOc1ccccc1-c1noc(CSCc2nc3ccccc3nc2C)n1. The first kappa shape index (κ1) is 18.4. The zero-order chi connectivity index (χ0) is 19.3. The Labute approximate surface area is 167 Å². The summed E-state index contributed by atoms with van der Waals surface area (Å²) >= 11 is 1.68. The third-order valence-corrected chi connectivity index (χ3v) is 5.13. The van der Waals surface area contributed by atoms with Crippen molar-refractivity contribution in [2.24, 2.45) is 0 Å². The molecule has 0 saturated heterocycles. The molecule has 0 aliphatic heterocycles. The number of para-hydroxylation sites is 3. The van der Waals surface area contributed by atoms with Crippen LogP contribution in [0.4, 0.5) is 0 Å². The maximum Gasteiger partial charge on any atom is 0.236 e. The summed E-state index contributed by atoms with van der Waals surface area (Å²) in [6.45, 7) is 4.53. The van der Waals surface area contributed by atoms with Gasteiger partial charge in [-0.1, -0.05) is 29.4 Å². The van der Waals surface area contributed by atoms with Gasteiger partial charge in [-0.3, -0.25) is 0 Å². The summed E-state index contributed by atoms with van der Waals surface area (Å²) in [4.78, 5) is 13.9. The Morgan fingerprint density at radius 2 is 1.68 bits per heavy atom. The maximum absolute atomic E-state index is 5.65. The second kappa shape index (κ2) is 8.39. The van der Waals surface area contributed by atoms with Gasteiger partial charge in [-0.2, -0.15) is 4.98 Å². The highest BCUT2D eigenvalue weighted by atomic mass is 32.2. The van der Waals surface area contributed by atoms with E-state index in [1.165, 1.54) is 0 Å². The van der Waals surface area contributed by atoms with Crippen molar-refractivity contribution in [1.29, 1.82) is 0 Å². The molecule has 0 amide bonds. The number of aryl methyl sites for hydroxylation is 1. The van der Waals surface area contributed by atoms with Gasteiger partial charge in [0.1, 0.15) is 5.75 Å². The van der Waals surface area contributed by atoms with E-state index in [9.17, 15) is 0 Å². The minimum Gasteiger partial charge on any atom is -0.493 e. The lowest BCUT2D eigenvalue weighted by Crippen LogP contribution is -1.97. The molecule has 0 fully saturated rings.